The molecule has 0 aliphatic carbocycles. The summed E-state index contributed by atoms with van der Waals surface area (Å²) in [5.41, 5.74) is 2.11. The van der Waals surface area contributed by atoms with Crippen LogP contribution in [0.1, 0.15) is 18.5 Å². The first-order valence-corrected chi connectivity index (χ1v) is 8.32. The second kappa shape index (κ2) is 9.55. The summed E-state index contributed by atoms with van der Waals surface area (Å²) in [7, 11) is 3.88. The molecule has 2 amide bonds. The normalized spacial score (nSPS) is 10.2. The van der Waals surface area contributed by atoms with Crippen LogP contribution in [0.25, 0.3) is 0 Å². The Morgan fingerprint density at radius 2 is 1.79 bits per heavy atom. The van der Waals surface area contributed by atoms with Crippen LogP contribution < -0.4 is 10.2 Å². The van der Waals surface area contributed by atoms with Gasteiger partial charge in [-0.15, -0.1) is 0 Å². The minimum absolute atomic E-state index is 0.0583. The quantitative estimate of drug-likeness (QED) is 0.758. The molecule has 0 saturated heterocycles. The third-order valence-corrected chi connectivity index (χ3v) is 3.87. The van der Waals surface area contributed by atoms with E-state index in [1.165, 1.54) is 5.69 Å². The molecule has 0 aliphatic heterocycles. The lowest BCUT2D eigenvalue weighted by Gasteiger charge is -2.20. The highest BCUT2D eigenvalue weighted by atomic mass is 16.2. The molecule has 0 saturated carbocycles. The molecular weight excluding hydrogens is 300 g/mol. The Morgan fingerprint density at radius 1 is 1.04 bits per heavy atom. The molecule has 128 valence electrons. The molecule has 0 atom stereocenters. The highest BCUT2D eigenvalue weighted by Crippen LogP contribution is 2.11. The molecule has 1 N–H and O–H groups in total. The maximum Gasteiger partial charge on any atom is 0.317 e. The van der Waals surface area contributed by atoms with Crippen molar-refractivity contribution in [3.05, 3.63) is 60.4 Å². The molecule has 0 radical (unpaired) electrons. The van der Waals surface area contributed by atoms with E-state index in [4.69, 9.17) is 0 Å². The zero-order chi connectivity index (χ0) is 17.2. The van der Waals surface area contributed by atoms with Crippen molar-refractivity contribution in [2.45, 2.75) is 19.4 Å². The number of carbonyl (C=O) groups excluding carboxylic acids is 1. The molecule has 0 fully saturated rings. The molecule has 5 nitrogen and oxygen atoms in total. The van der Waals surface area contributed by atoms with E-state index < -0.39 is 0 Å². The molecule has 2 rings (SSSR count). The van der Waals surface area contributed by atoms with Gasteiger partial charge in [-0.25, -0.2) is 4.79 Å². The van der Waals surface area contributed by atoms with Gasteiger partial charge in [0.2, 0.25) is 0 Å². The van der Waals surface area contributed by atoms with E-state index >= 15 is 0 Å². The zero-order valence-electron chi connectivity index (χ0n) is 14.5. The summed E-state index contributed by atoms with van der Waals surface area (Å²) in [5.74, 6) is 0. The Kier molecular flexibility index (Phi) is 7.08. The van der Waals surface area contributed by atoms with Crippen molar-refractivity contribution in [2.75, 3.05) is 32.1 Å². The number of amides is 2. The number of nitrogens with one attached hydrogen (secondary N) is 1. The molecule has 1 aromatic carbocycles. The summed E-state index contributed by atoms with van der Waals surface area (Å²) >= 11 is 0. The number of aromatic nitrogens is 1. The Bertz CT molecular complexity index is 603. The highest BCUT2D eigenvalue weighted by Gasteiger charge is 2.08. The number of nitrogens with zero attached hydrogens (tertiary/aromatic N) is 3. The van der Waals surface area contributed by atoms with Crippen LogP contribution in [0.2, 0.25) is 0 Å². The fraction of sp³-hybridized carbons (Fsp3) is 0.368. The van der Waals surface area contributed by atoms with Gasteiger partial charge in [-0.05, 0) is 37.1 Å². The molecule has 1 heterocycles. The fourth-order valence-corrected chi connectivity index (χ4v) is 2.42. The lowest BCUT2D eigenvalue weighted by Crippen LogP contribution is -2.37. The number of para-hydroxylation sites is 1. The molecule has 1 aromatic heterocycles. The number of hydrogen-bond donors (Lipinski definition) is 1. The van der Waals surface area contributed by atoms with E-state index in [-0.39, 0.29) is 6.03 Å². The van der Waals surface area contributed by atoms with Gasteiger partial charge in [0, 0.05) is 39.1 Å². The number of pyridine rings is 1. The van der Waals surface area contributed by atoms with Crippen LogP contribution in [-0.4, -0.2) is 43.1 Å². The average molecular weight is 326 g/mol. The van der Waals surface area contributed by atoms with Gasteiger partial charge < -0.3 is 15.1 Å². The van der Waals surface area contributed by atoms with Crippen molar-refractivity contribution < 1.29 is 4.79 Å². The molecule has 0 aliphatic rings. The van der Waals surface area contributed by atoms with E-state index in [1.54, 1.807) is 18.1 Å². The first-order chi connectivity index (χ1) is 11.7. The third kappa shape index (κ3) is 5.91. The van der Waals surface area contributed by atoms with Crippen molar-refractivity contribution in [1.29, 1.82) is 0 Å². The largest absolute Gasteiger partial charge is 0.375 e. The number of carbonyl (C=O) groups is 1. The summed E-state index contributed by atoms with van der Waals surface area (Å²) in [4.78, 5) is 20.2. The van der Waals surface area contributed by atoms with Crippen LogP contribution in [0.5, 0.6) is 0 Å². The van der Waals surface area contributed by atoms with Gasteiger partial charge in [0.25, 0.3) is 0 Å². The number of urea groups is 1. The predicted molar refractivity (Wildman–Crippen MR) is 98.0 cm³/mol. The molecule has 24 heavy (non-hydrogen) atoms. The second-order valence-electron chi connectivity index (χ2n) is 5.87. The molecule has 0 unspecified atom stereocenters. The third-order valence-electron chi connectivity index (χ3n) is 3.87. The van der Waals surface area contributed by atoms with Crippen molar-refractivity contribution in [3.8, 4) is 0 Å². The van der Waals surface area contributed by atoms with E-state index in [1.807, 2.05) is 36.4 Å². The molecule has 0 spiro atoms. The summed E-state index contributed by atoms with van der Waals surface area (Å²) < 4.78 is 0. The lowest BCUT2D eigenvalue weighted by molar-refractivity contribution is 0.206. The number of rotatable bonds is 8. The Hall–Kier alpha value is -2.56. The van der Waals surface area contributed by atoms with Crippen LogP contribution in [0, 0.1) is 0 Å². The van der Waals surface area contributed by atoms with Gasteiger partial charge in [0.05, 0.1) is 12.2 Å². The minimum atomic E-state index is -0.0583. The number of unbranched alkanes of at least 4 members (excludes halogenated alkanes) is 1. The maximum absolute atomic E-state index is 12.0. The summed E-state index contributed by atoms with van der Waals surface area (Å²) in [6.45, 7) is 2.18. The topological polar surface area (TPSA) is 48.5 Å². The Morgan fingerprint density at radius 3 is 2.50 bits per heavy atom. The highest BCUT2D eigenvalue weighted by molar-refractivity contribution is 5.73. The molecular formula is C19H26N4O. The Labute approximate surface area is 144 Å². The standard InChI is InChI=1S/C19H26N4O/c1-22(18-11-4-3-5-12-18)15-9-8-14-21-19(24)23(2)16-17-10-6-7-13-20-17/h3-7,10-13H,8-9,14-16H2,1-2H3,(H,21,24). The van der Waals surface area contributed by atoms with Crippen LogP contribution in [0.4, 0.5) is 10.5 Å². The number of anilines is 1. The van der Waals surface area contributed by atoms with E-state index in [0.29, 0.717) is 13.1 Å². The lowest BCUT2D eigenvalue weighted by atomic mass is 10.2. The van der Waals surface area contributed by atoms with E-state index in [9.17, 15) is 4.79 Å². The average Bonchev–Trinajstić information content (AvgIpc) is 2.62. The first kappa shape index (κ1) is 17.8. The van der Waals surface area contributed by atoms with Gasteiger partial charge in [0.15, 0.2) is 0 Å². The first-order valence-electron chi connectivity index (χ1n) is 8.32. The summed E-state index contributed by atoms with van der Waals surface area (Å²) in [6.07, 6.45) is 3.74. The fourth-order valence-electron chi connectivity index (χ4n) is 2.42. The SMILES string of the molecule is CN(Cc1ccccn1)C(=O)NCCCCN(C)c1ccccc1. The van der Waals surface area contributed by atoms with E-state index in [2.05, 4.69) is 34.4 Å². The van der Waals surface area contributed by atoms with Gasteiger partial charge >= 0.3 is 6.03 Å². The molecule has 5 heteroatoms. The van der Waals surface area contributed by atoms with Crippen LogP contribution in [0.3, 0.4) is 0 Å². The molecule has 2 aromatic rings. The van der Waals surface area contributed by atoms with Crippen LogP contribution >= 0.6 is 0 Å². The van der Waals surface area contributed by atoms with Gasteiger partial charge in [0.1, 0.15) is 0 Å². The Balaban J connectivity index is 1.60. The number of hydrogen-bond acceptors (Lipinski definition) is 3. The van der Waals surface area contributed by atoms with Crippen LogP contribution in [0.15, 0.2) is 54.7 Å². The van der Waals surface area contributed by atoms with Crippen molar-refractivity contribution in [1.82, 2.24) is 15.2 Å². The van der Waals surface area contributed by atoms with Gasteiger partial charge in [-0.3, -0.25) is 4.98 Å². The van der Waals surface area contributed by atoms with Gasteiger partial charge in [-0.2, -0.15) is 0 Å². The van der Waals surface area contributed by atoms with Crippen molar-refractivity contribution in [3.63, 3.8) is 0 Å². The monoisotopic (exact) mass is 326 g/mol. The minimum Gasteiger partial charge on any atom is -0.375 e. The maximum atomic E-state index is 12.0. The molecule has 0 bridgehead atoms. The second-order valence-corrected chi connectivity index (χ2v) is 5.87. The van der Waals surface area contributed by atoms with Crippen molar-refractivity contribution in [2.24, 2.45) is 0 Å². The number of benzene rings is 1. The smallest absolute Gasteiger partial charge is 0.317 e. The van der Waals surface area contributed by atoms with Gasteiger partial charge in [-0.1, -0.05) is 24.3 Å². The summed E-state index contributed by atoms with van der Waals surface area (Å²) in [5, 5.41) is 2.96. The zero-order valence-corrected chi connectivity index (χ0v) is 14.5. The van der Waals surface area contributed by atoms with E-state index in [0.717, 1.165) is 25.1 Å². The van der Waals surface area contributed by atoms with Crippen molar-refractivity contribution >= 4 is 11.7 Å². The predicted octanol–water partition coefficient (Wildman–Crippen LogP) is 3.14. The van der Waals surface area contributed by atoms with Crippen LogP contribution in [-0.2, 0) is 6.54 Å². The summed E-state index contributed by atoms with van der Waals surface area (Å²) in [6, 6.07) is 16.0.